The molecule has 0 radical (unpaired) electrons. The van der Waals surface area contributed by atoms with Crippen LogP contribution in [0.4, 0.5) is 0 Å². The van der Waals surface area contributed by atoms with Gasteiger partial charge in [-0.1, -0.05) is 20.3 Å². The molecule has 1 nitrogen and oxygen atoms in total. The molecule has 1 fully saturated rings. The van der Waals surface area contributed by atoms with E-state index >= 15 is 0 Å². The van der Waals surface area contributed by atoms with Crippen molar-refractivity contribution in [3.63, 3.8) is 0 Å². The standard InChI is InChI=1S/C16H27NS/c1-13(11-14-7-10-18-12-14)17-15-5-4-8-16(2,3)9-6-15/h7,10,12-13,15,17H,4-6,8-9,11H2,1-3H3. The van der Waals surface area contributed by atoms with E-state index in [4.69, 9.17) is 0 Å². The molecule has 2 rings (SSSR count). The van der Waals surface area contributed by atoms with Crippen molar-refractivity contribution < 1.29 is 0 Å². The average Bonchev–Trinajstić information content (AvgIpc) is 2.72. The van der Waals surface area contributed by atoms with Crippen LogP contribution in [0.1, 0.15) is 58.4 Å². The van der Waals surface area contributed by atoms with Gasteiger partial charge in [-0.25, -0.2) is 0 Å². The first-order valence-corrected chi connectivity index (χ1v) is 8.27. The Morgan fingerprint density at radius 3 is 2.94 bits per heavy atom. The zero-order chi connectivity index (χ0) is 13.0. The van der Waals surface area contributed by atoms with Crippen molar-refractivity contribution in [1.29, 1.82) is 0 Å². The quantitative estimate of drug-likeness (QED) is 0.783. The van der Waals surface area contributed by atoms with Gasteiger partial charge in [-0.3, -0.25) is 0 Å². The number of rotatable bonds is 4. The molecule has 0 spiro atoms. The molecule has 1 heterocycles. The van der Waals surface area contributed by atoms with Crippen molar-refractivity contribution in [3.05, 3.63) is 22.4 Å². The summed E-state index contributed by atoms with van der Waals surface area (Å²) in [6.45, 7) is 7.17. The summed E-state index contributed by atoms with van der Waals surface area (Å²) in [7, 11) is 0. The maximum atomic E-state index is 3.84. The van der Waals surface area contributed by atoms with Crippen LogP contribution in [0.2, 0.25) is 0 Å². The number of thiophene rings is 1. The Morgan fingerprint density at radius 1 is 1.39 bits per heavy atom. The fourth-order valence-electron chi connectivity index (χ4n) is 3.05. The summed E-state index contributed by atoms with van der Waals surface area (Å²) >= 11 is 1.80. The molecule has 1 aromatic rings. The van der Waals surface area contributed by atoms with Crippen LogP contribution < -0.4 is 5.32 Å². The Labute approximate surface area is 116 Å². The minimum absolute atomic E-state index is 0.563. The zero-order valence-corrected chi connectivity index (χ0v) is 12.9. The molecule has 2 atom stereocenters. The second-order valence-corrected chi connectivity index (χ2v) is 7.48. The van der Waals surface area contributed by atoms with Crippen molar-refractivity contribution in [3.8, 4) is 0 Å². The molecule has 1 saturated carbocycles. The van der Waals surface area contributed by atoms with Gasteiger partial charge in [0.1, 0.15) is 0 Å². The van der Waals surface area contributed by atoms with Gasteiger partial charge >= 0.3 is 0 Å². The Balaban J connectivity index is 1.78. The molecule has 2 unspecified atom stereocenters. The largest absolute Gasteiger partial charge is 0.311 e. The van der Waals surface area contributed by atoms with E-state index in [0.29, 0.717) is 11.5 Å². The Kier molecular flexibility index (Phi) is 4.85. The van der Waals surface area contributed by atoms with Gasteiger partial charge in [-0.15, -0.1) is 0 Å². The topological polar surface area (TPSA) is 12.0 Å². The summed E-state index contributed by atoms with van der Waals surface area (Å²) in [6, 6.07) is 3.59. The molecule has 1 N–H and O–H groups in total. The van der Waals surface area contributed by atoms with E-state index in [1.54, 1.807) is 11.3 Å². The first kappa shape index (κ1) is 14.1. The summed E-state index contributed by atoms with van der Waals surface area (Å²) in [5.41, 5.74) is 2.04. The minimum Gasteiger partial charge on any atom is -0.311 e. The average molecular weight is 265 g/mol. The highest BCUT2D eigenvalue weighted by atomic mass is 32.1. The van der Waals surface area contributed by atoms with Crippen LogP contribution >= 0.6 is 11.3 Å². The molecule has 0 amide bonds. The Morgan fingerprint density at radius 2 is 2.22 bits per heavy atom. The molecule has 1 aliphatic carbocycles. The van der Waals surface area contributed by atoms with Crippen LogP contribution in [0.25, 0.3) is 0 Å². The van der Waals surface area contributed by atoms with Crippen molar-refractivity contribution in [2.24, 2.45) is 5.41 Å². The van der Waals surface area contributed by atoms with Gasteiger partial charge in [0.2, 0.25) is 0 Å². The highest BCUT2D eigenvalue weighted by molar-refractivity contribution is 7.07. The molecule has 2 heteroatoms. The highest BCUT2D eigenvalue weighted by Crippen LogP contribution is 2.33. The molecule has 0 aliphatic heterocycles. The Bertz CT molecular complexity index is 342. The first-order chi connectivity index (χ1) is 8.55. The van der Waals surface area contributed by atoms with Crippen LogP contribution in [-0.4, -0.2) is 12.1 Å². The summed E-state index contributed by atoms with van der Waals surface area (Å²) in [4.78, 5) is 0. The fraction of sp³-hybridized carbons (Fsp3) is 0.750. The summed E-state index contributed by atoms with van der Waals surface area (Å²) < 4.78 is 0. The normalized spacial score (nSPS) is 25.6. The zero-order valence-electron chi connectivity index (χ0n) is 12.0. The fourth-order valence-corrected chi connectivity index (χ4v) is 3.73. The summed E-state index contributed by atoms with van der Waals surface area (Å²) in [5, 5.41) is 8.29. The van der Waals surface area contributed by atoms with E-state index < -0.39 is 0 Å². The van der Waals surface area contributed by atoms with Gasteiger partial charge in [0.25, 0.3) is 0 Å². The molecular formula is C16H27NS. The third-order valence-electron chi connectivity index (χ3n) is 4.22. The molecule has 0 saturated heterocycles. The third-order valence-corrected chi connectivity index (χ3v) is 4.95. The first-order valence-electron chi connectivity index (χ1n) is 7.32. The monoisotopic (exact) mass is 265 g/mol. The summed E-state index contributed by atoms with van der Waals surface area (Å²) in [6.07, 6.45) is 8.03. The molecule has 1 aliphatic rings. The van der Waals surface area contributed by atoms with E-state index in [2.05, 4.69) is 42.9 Å². The minimum atomic E-state index is 0.563. The van der Waals surface area contributed by atoms with Crippen LogP contribution in [-0.2, 0) is 6.42 Å². The van der Waals surface area contributed by atoms with Gasteiger partial charge < -0.3 is 5.32 Å². The number of hydrogen-bond donors (Lipinski definition) is 1. The lowest BCUT2D eigenvalue weighted by atomic mass is 9.85. The molecule has 0 bridgehead atoms. The molecule has 1 aromatic heterocycles. The smallest absolute Gasteiger partial charge is 0.00820 e. The third kappa shape index (κ3) is 4.40. The van der Waals surface area contributed by atoms with E-state index in [1.165, 1.54) is 44.1 Å². The number of hydrogen-bond acceptors (Lipinski definition) is 2. The van der Waals surface area contributed by atoms with Gasteiger partial charge in [0.15, 0.2) is 0 Å². The van der Waals surface area contributed by atoms with Crippen molar-refractivity contribution in [2.45, 2.75) is 71.4 Å². The van der Waals surface area contributed by atoms with E-state index in [0.717, 1.165) is 6.04 Å². The molecule has 18 heavy (non-hydrogen) atoms. The van der Waals surface area contributed by atoms with Crippen LogP contribution in [0.3, 0.4) is 0 Å². The van der Waals surface area contributed by atoms with Crippen LogP contribution in [0.15, 0.2) is 16.8 Å². The lowest BCUT2D eigenvalue weighted by molar-refractivity contribution is 0.307. The van der Waals surface area contributed by atoms with Crippen molar-refractivity contribution in [2.75, 3.05) is 0 Å². The second-order valence-electron chi connectivity index (χ2n) is 6.70. The van der Waals surface area contributed by atoms with Crippen LogP contribution in [0.5, 0.6) is 0 Å². The predicted octanol–water partition coefficient (Wildman–Crippen LogP) is 4.63. The predicted molar refractivity (Wildman–Crippen MR) is 81.3 cm³/mol. The molecule has 0 aromatic carbocycles. The lowest BCUT2D eigenvalue weighted by Gasteiger charge is -2.24. The Hall–Kier alpha value is -0.340. The van der Waals surface area contributed by atoms with Gasteiger partial charge in [-0.2, -0.15) is 11.3 Å². The molecular weight excluding hydrogens is 238 g/mol. The lowest BCUT2D eigenvalue weighted by Crippen LogP contribution is -2.37. The number of nitrogens with one attached hydrogen (secondary N) is 1. The van der Waals surface area contributed by atoms with E-state index in [-0.39, 0.29) is 0 Å². The highest BCUT2D eigenvalue weighted by Gasteiger charge is 2.24. The van der Waals surface area contributed by atoms with Gasteiger partial charge in [-0.05, 0) is 66.8 Å². The SMILES string of the molecule is CC(Cc1ccsc1)NC1CCCC(C)(C)CC1. The van der Waals surface area contributed by atoms with E-state index in [1.807, 2.05) is 0 Å². The maximum absolute atomic E-state index is 3.84. The summed E-state index contributed by atoms with van der Waals surface area (Å²) in [5.74, 6) is 0. The van der Waals surface area contributed by atoms with Gasteiger partial charge in [0.05, 0.1) is 0 Å². The van der Waals surface area contributed by atoms with Crippen molar-refractivity contribution >= 4 is 11.3 Å². The van der Waals surface area contributed by atoms with Gasteiger partial charge in [0, 0.05) is 12.1 Å². The van der Waals surface area contributed by atoms with Crippen LogP contribution in [0, 0.1) is 5.41 Å². The van der Waals surface area contributed by atoms with E-state index in [9.17, 15) is 0 Å². The second kappa shape index (κ2) is 6.21. The molecule has 102 valence electrons. The van der Waals surface area contributed by atoms with Crippen molar-refractivity contribution in [1.82, 2.24) is 5.32 Å². The maximum Gasteiger partial charge on any atom is 0.00820 e.